The Hall–Kier alpha value is -5.64. The number of Topliss-reactive ketones (excluding diaryl/α,β-unsaturated/α-hetero) is 2. The van der Waals surface area contributed by atoms with Crippen molar-refractivity contribution in [1.82, 2.24) is 19.1 Å². The molecular formula is C31H22N6O4. The summed E-state index contributed by atoms with van der Waals surface area (Å²) >= 11 is 0. The molecule has 0 saturated heterocycles. The normalized spacial score (nSPS) is 17.0. The van der Waals surface area contributed by atoms with E-state index in [1.807, 2.05) is 54.6 Å². The number of ketones is 2. The highest BCUT2D eigenvalue weighted by Gasteiger charge is 2.37. The van der Waals surface area contributed by atoms with E-state index in [4.69, 9.17) is 0 Å². The van der Waals surface area contributed by atoms with Gasteiger partial charge in [-0.2, -0.15) is 10.1 Å². The molecule has 2 heterocycles. The lowest BCUT2D eigenvalue weighted by atomic mass is 9.98. The predicted octanol–water partition coefficient (Wildman–Crippen LogP) is 3.52. The number of aromatic nitrogens is 4. The monoisotopic (exact) mass is 542 g/mol. The van der Waals surface area contributed by atoms with Gasteiger partial charge in [0.15, 0.2) is 22.7 Å². The Morgan fingerprint density at radius 1 is 0.854 bits per heavy atom. The minimum absolute atomic E-state index is 0.0519. The number of aromatic amines is 1. The van der Waals surface area contributed by atoms with Crippen molar-refractivity contribution in [1.29, 1.82) is 0 Å². The van der Waals surface area contributed by atoms with Gasteiger partial charge in [-0.1, -0.05) is 78.9 Å². The zero-order chi connectivity index (χ0) is 28.2. The van der Waals surface area contributed by atoms with Crippen LogP contribution in [0.5, 0.6) is 0 Å². The molecule has 10 nitrogen and oxygen atoms in total. The van der Waals surface area contributed by atoms with E-state index in [-0.39, 0.29) is 41.6 Å². The van der Waals surface area contributed by atoms with Crippen LogP contribution in [0.15, 0.2) is 99.1 Å². The third kappa shape index (κ3) is 3.80. The number of aryl methyl sites for hydroxylation is 1. The van der Waals surface area contributed by atoms with Crippen molar-refractivity contribution in [2.45, 2.75) is 13.0 Å². The van der Waals surface area contributed by atoms with Gasteiger partial charge < -0.3 is 0 Å². The Morgan fingerprint density at radius 3 is 2.27 bits per heavy atom. The van der Waals surface area contributed by atoms with E-state index in [0.717, 1.165) is 11.1 Å². The van der Waals surface area contributed by atoms with Crippen molar-refractivity contribution in [3.05, 3.63) is 133 Å². The molecule has 0 atom stereocenters. The van der Waals surface area contributed by atoms with Gasteiger partial charge in [-0.15, -0.1) is 0 Å². The summed E-state index contributed by atoms with van der Waals surface area (Å²) in [5.41, 5.74) is 6.91. The molecule has 0 amide bonds. The number of H-pyrrole nitrogens is 1. The van der Waals surface area contributed by atoms with Gasteiger partial charge in [0.25, 0.3) is 5.56 Å². The van der Waals surface area contributed by atoms with Crippen LogP contribution in [0.1, 0.15) is 43.8 Å². The minimum atomic E-state index is -0.586. The van der Waals surface area contributed by atoms with Crippen LogP contribution in [0.3, 0.4) is 0 Å². The molecule has 200 valence electrons. The minimum Gasteiger partial charge on any atom is -0.298 e. The fourth-order valence-electron chi connectivity index (χ4n) is 5.57. The van der Waals surface area contributed by atoms with Crippen molar-refractivity contribution in [2.24, 2.45) is 12.1 Å². The molecule has 2 aliphatic carbocycles. The van der Waals surface area contributed by atoms with Crippen LogP contribution in [0, 0.1) is 0 Å². The fourth-order valence-corrected chi connectivity index (χ4v) is 5.57. The van der Waals surface area contributed by atoms with E-state index in [9.17, 15) is 19.2 Å². The third-order valence-corrected chi connectivity index (χ3v) is 7.54. The summed E-state index contributed by atoms with van der Waals surface area (Å²) < 4.78 is 2.91. The number of carbonyl (C=O) groups is 2. The number of anilines is 1. The standard InChI is InChI=1S/C31H22N6O4/c1-36-28-26(29(40)33-31(36)41)37(16-17-9-3-2-4-10-17)30(32-28)35-34-25-20-13-7-8-14-21(20)27(39)24(25)22-15-23(38)19-12-6-5-11-18(19)22/h2-14H,15-16H2,1H3,(H,32,35)(H,33,40,41). The van der Waals surface area contributed by atoms with E-state index in [2.05, 4.69) is 20.5 Å². The smallest absolute Gasteiger partial charge is 0.298 e. The first kappa shape index (κ1) is 24.4. The Kier molecular flexibility index (Phi) is 5.49. The Bertz CT molecular complexity index is 2110. The molecule has 2 aliphatic rings. The van der Waals surface area contributed by atoms with Gasteiger partial charge in [-0.25, -0.2) is 10.2 Å². The van der Waals surface area contributed by atoms with Crippen molar-refractivity contribution in [3.63, 3.8) is 0 Å². The molecule has 3 aromatic carbocycles. The van der Waals surface area contributed by atoms with Crippen LogP contribution in [0.25, 0.3) is 16.7 Å². The number of fused-ring (bicyclic) bond motifs is 3. The van der Waals surface area contributed by atoms with Crippen molar-refractivity contribution < 1.29 is 9.59 Å². The quantitative estimate of drug-likeness (QED) is 0.264. The third-order valence-electron chi connectivity index (χ3n) is 7.54. The largest absolute Gasteiger partial charge is 0.329 e. The lowest BCUT2D eigenvalue weighted by Gasteiger charge is -2.10. The van der Waals surface area contributed by atoms with Gasteiger partial charge in [0.2, 0.25) is 5.95 Å². The first-order valence-corrected chi connectivity index (χ1v) is 13.0. The number of rotatable bonds is 4. The van der Waals surface area contributed by atoms with E-state index in [0.29, 0.717) is 33.5 Å². The van der Waals surface area contributed by atoms with Crippen molar-refractivity contribution >= 4 is 40.0 Å². The van der Waals surface area contributed by atoms with Crippen LogP contribution < -0.4 is 16.7 Å². The molecule has 0 saturated carbocycles. The van der Waals surface area contributed by atoms with Gasteiger partial charge in [-0.05, 0) is 16.7 Å². The number of hydrogen-bond donors (Lipinski definition) is 2. The van der Waals surface area contributed by atoms with E-state index >= 15 is 0 Å². The van der Waals surface area contributed by atoms with Crippen molar-refractivity contribution in [3.8, 4) is 0 Å². The second-order valence-corrected chi connectivity index (χ2v) is 9.94. The van der Waals surface area contributed by atoms with Crippen LogP contribution in [0.4, 0.5) is 5.95 Å². The number of benzene rings is 3. The van der Waals surface area contributed by atoms with Crippen LogP contribution in [0.2, 0.25) is 0 Å². The molecule has 5 aromatic rings. The van der Waals surface area contributed by atoms with Gasteiger partial charge in [0.05, 0.1) is 12.1 Å². The molecular weight excluding hydrogens is 520 g/mol. The molecule has 10 heteroatoms. The topological polar surface area (TPSA) is 131 Å². The number of nitrogens with one attached hydrogen (secondary N) is 2. The summed E-state index contributed by atoms with van der Waals surface area (Å²) in [7, 11) is 1.53. The number of imidazole rings is 1. The molecule has 0 unspecified atom stereocenters. The maximum absolute atomic E-state index is 13.7. The first-order chi connectivity index (χ1) is 19.9. The highest BCUT2D eigenvalue weighted by Crippen LogP contribution is 2.40. The SMILES string of the molecule is Cn1c(=O)[nH]c(=O)c2c1nc(NN=C1C(=C3CC(=O)c4ccccc43)C(=O)c3ccccc31)n2Cc1ccccc1. The summed E-state index contributed by atoms with van der Waals surface area (Å²) in [6, 6.07) is 23.9. The van der Waals surface area contributed by atoms with Gasteiger partial charge >= 0.3 is 5.69 Å². The van der Waals surface area contributed by atoms with Crippen LogP contribution in [-0.2, 0) is 13.6 Å². The number of nitrogens with zero attached hydrogens (tertiary/aromatic N) is 4. The number of carbonyl (C=O) groups excluding carboxylic acids is 2. The van der Waals surface area contributed by atoms with Gasteiger partial charge in [-0.3, -0.25) is 28.5 Å². The Morgan fingerprint density at radius 2 is 1.51 bits per heavy atom. The van der Waals surface area contributed by atoms with E-state index < -0.39 is 11.2 Å². The van der Waals surface area contributed by atoms with E-state index in [1.165, 1.54) is 11.6 Å². The average Bonchev–Trinajstić information content (AvgIpc) is 3.61. The zero-order valence-corrected chi connectivity index (χ0v) is 21.8. The second-order valence-electron chi connectivity index (χ2n) is 9.94. The van der Waals surface area contributed by atoms with Gasteiger partial charge in [0, 0.05) is 30.2 Å². The second kappa shape index (κ2) is 9.23. The molecule has 0 radical (unpaired) electrons. The highest BCUT2D eigenvalue weighted by atomic mass is 16.2. The van der Waals surface area contributed by atoms with E-state index in [1.54, 1.807) is 28.8 Å². The summed E-state index contributed by atoms with van der Waals surface area (Å²) in [6.45, 7) is 0.275. The maximum Gasteiger partial charge on any atom is 0.329 e. The number of hydrogen-bond acceptors (Lipinski definition) is 7. The molecule has 0 fully saturated rings. The zero-order valence-electron chi connectivity index (χ0n) is 21.8. The Labute approximate surface area is 232 Å². The molecule has 2 N–H and O–H groups in total. The van der Waals surface area contributed by atoms with Gasteiger partial charge in [0.1, 0.15) is 5.71 Å². The summed E-state index contributed by atoms with van der Waals surface area (Å²) in [6.07, 6.45) is 0.0947. The molecule has 41 heavy (non-hydrogen) atoms. The highest BCUT2D eigenvalue weighted by molar-refractivity contribution is 6.45. The maximum atomic E-state index is 13.7. The van der Waals surface area contributed by atoms with Crippen LogP contribution in [-0.4, -0.2) is 36.4 Å². The summed E-state index contributed by atoms with van der Waals surface area (Å²) in [4.78, 5) is 58.7. The predicted molar refractivity (Wildman–Crippen MR) is 154 cm³/mol. The lowest BCUT2D eigenvalue weighted by Crippen LogP contribution is -2.29. The Balaban J connectivity index is 1.42. The fraction of sp³-hybridized carbons (Fsp3) is 0.0968. The average molecular weight is 543 g/mol. The van der Waals surface area contributed by atoms with Crippen molar-refractivity contribution in [2.75, 3.05) is 5.43 Å². The molecule has 2 aromatic heterocycles. The molecule has 0 spiro atoms. The molecule has 0 aliphatic heterocycles. The number of allylic oxidation sites excluding steroid dienone is 2. The van der Waals surface area contributed by atoms with Crippen LogP contribution >= 0.6 is 0 Å². The lowest BCUT2D eigenvalue weighted by molar-refractivity contribution is 0.100. The molecule has 0 bridgehead atoms. The summed E-state index contributed by atoms with van der Waals surface area (Å²) in [5, 5.41) is 4.68. The molecule has 7 rings (SSSR count). The summed E-state index contributed by atoms with van der Waals surface area (Å²) in [5.74, 6) is -0.0478. The number of hydrazone groups is 1. The first-order valence-electron chi connectivity index (χ1n) is 13.0.